The zero-order chi connectivity index (χ0) is 33.3. The molecule has 4 nitrogen and oxygen atoms in total. The van der Waals surface area contributed by atoms with E-state index in [2.05, 4.69) is 42.3 Å². The number of hydrogen-bond donors (Lipinski definition) is 1. The van der Waals surface area contributed by atoms with Crippen molar-refractivity contribution in [3.63, 3.8) is 0 Å². The lowest BCUT2D eigenvalue weighted by molar-refractivity contribution is -0.137. The molecule has 3 aromatic carbocycles. The van der Waals surface area contributed by atoms with Crippen LogP contribution in [0.15, 0.2) is 60.7 Å². The van der Waals surface area contributed by atoms with E-state index >= 15 is 0 Å². The Morgan fingerprint density at radius 1 is 0.894 bits per heavy atom. The lowest BCUT2D eigenvalue weighted by atomic mass is 9.70. The Morgan fingerprint density at radius 3 is 2.19 bits per heavy atom. The van der Waals surface area contributed by atoms with Gasteiger partial charge in [0.2, 0.25) is 0 Å². The third-order valence-corrected chi connectivity index (χ3v) is 11.2. The SMILES string of the molecule is Cc1cc(C(=O)C2CCC2)ccc1NC(C)CN1CCC(c2cccc(C)c2OC(C)(c2cccc(C(F)(F)F)c2)C2CCC2)CC1. The van der Waals surface area contributed by atoms with Crippen LogP contribution >= 0.6 is 0 Å². The molecule has 3 aromatic rings. The third kappa shape index (κ3) is 7.25. The van der Waals surface area contributed by atoms with E-state index in [1.807, 2.05) is 32.0 Å². The number of aryl methyl sites for hydroxylation is 2. The molecule has 0 amide bonds. The van der Waals surface area contributed by atoms with Crippen molar-refractivity contribution in [3.8, 4) is 5.75 Å². The number of halogens is 3. The average molecular weight is 647 g/mol. The number of nitrogens with one attached hydrogen (secondary N) is 1. The summed E-state index contributed by atoms with van der Waals surface area (Å²) in [5, 5.41) is 3.67. The summed E-state index contributed by atoms with van der Waals surface area (Å²) in [6.07, 6.45) is 3.74. The summed E-state index contributed by atoms with van der Waals surface area (Å²) in [7, 11) is 0. The topological polar surface area (TPSA) is 41.6 Å². The summed E-state index contributed by atoms with van der Waals surface area (Å²) in [6.45, 7) is 11.2. The molecule has 0 bridgehead atoms. The van der Waals surface area contributed by atoms with Crippen molar-refractivity contribution in [2.45, 2.75) is 103 Å². The van der Waals surface area contributed by atoms with Gasteiger partial charge < -0.3 is 15.0 Å². The largest absolute Gasteiger partial charge is 0.482 e. The van der Waals surface area contributed by atoms with E-state index in [-0.39, 0.29) is 23.7 Å². The molecule has 0 spiro atoms. The number of ketones is 1. The minimum Gasteiger partial charge on any atom is -0.482 e. The molecular weight excluding hydrogens is 597 g/mol. The first-order chi connectivity index (χ1) is 22.4. The van der Waals surface area contributed by atoms with Gasteiger partial charge in [-0.3, -0.25) is 4.79 Å². The molecule has 1 N–H and O–H groups in total. The van der Waals surface area contributed by atoms with E-state index in [0.717, 1.165) is 105 Å². The minimum atomic E-state index is -4.40. The number of ether oxygens (including phenoxy) is 1. The van der Waals surface area contributed by atoms with Crippen LogP contribution in [0.3, 0.4) is 0 Å². The summed E-state index contributed by atoms with van der Waals surface area (Å²) in [4.78, 5) is 15.2. The van der Waals surface area contributed by atoms with E-state index in [9.17, 15) is 18.0 Å². The highest BCUT2D eigenvalue weighted by Gasteiger charge is 2.44. The molecule has 47 heavy (non-hydrogen) atoms. The van der Waals surface area contributed by atoms with Crippen molar-refractivity contribution < 1.29 is 22.7 Å². The normalized spacial score (nSPS) is 20.1. The fourth-order valence-electron chi connectivity index (χ4n) is 7.70. The van der Waals surface area contributed by atoms with Gasteiger partial charge in [0.05, 0.1) is 5.56 Å². The number of alkyl halides is 3. The van der Waals surface area contributed by atoms with E-state index in [0.29, 0.717) is 11.5 Å². The number of piperidine rings is 1. The first-order valence-electron chi connectivity index (χ1n) is 17.5. The fourth-order valence-corrected chi connectivity index (χ4v) is 7.70. The van der Waals surface area contributed by atoms with Gasteiger partial charge in [-0.25, -0.2) is 0 Å². The molecule has 0 aromatic heterocycles. The van der Waals surface area contributed by atoms with Gasteiger partial charge in [0, 0.05) is 35.7 Å². The maximum atomic E-state index is 13.7. The highest BCUT2D eigenvalue weighted by atomic mass is 19.4. The molecule has 3 fully saturated rings. The molecule has 7 heteroatoms. The molecule has 1 saturated heterocycles. The molecule has 6 rings (SSSR count). The fraction of sp³-hybridized carbons (Fsp3) is 0.525. The number of nitrogens with zero attached hydrogens (tertiary/aromatic N) is 1. The third-order valence-electron chi connectivity index (χ3n) is 11.2. The quantitative estimate of drug-likeness (QED) is 0.211. The van der Waals surface area contributed by atoms with Crippen LogP contribution in [0, 0.1) is 25.7 Å². The molecule has 1 heterocycles. The van der Waals surface area contributed by atoms with Gasteiger partial charge >= 0.3 is 6.18 Å². The smallest absolute Gasteiger partial charge is 0.416 e. The maximum Gasteiger partial charge on any atom is 0.416 e. The monoisotopic (exact) mass is 646 g/mol. The lowest BCUT2D eigenvalue weighted by Gasteiger charge is -2.44. The van der Waals surface area contributed by atoms with Gasteiger partial charge in [-0.2, -0.15) is 13.2 Å². The summed E-state index contributed by atoms with van der Waals surface area (Å²) in [6, 6.07) is 18.3. The number of anilines is 1. The average Bonchev–Trinajstić information content (AvgIpc) is 2.97. The highest BCUT2D eigenvalue weighted by Crippen LogP contribution is 2.48. The van der Waals surface area contributed by atoms with Crippen molar-refractivity contribution >= 4 is 11.5 Å². The van der Waals surface area contributed by atoms with Crippen molar-refractivity contribution in [3.05, 3.63) is 94.0 Å². The zero-order valence-electron chi connectivity index (χ0n) is 28.3. The van der Waals surface area contributed by atoms with Gasteiger partial charge in [0.25, 0.3) is 0 Å². The first kappa shape index (κ1) is 33.6. The second-order valence-corrected chi connectivity index (χ2v) is 14.6. The highest BCUT2D eigenvalue weighted by molar-refractivity contribution is 5.98. The molecular formula is C40H49F3N2O2. The number of Topliss-reactive ketones (excluding diaryl/α,β-unsaturated/α-hetero) is 1. The van der Waals surface area contributed by atoms with E-state index in [1.165, 1.54) is 17.7 Å². The molecule has 3 aliphatic rings. The molecule has 252 valence electrons. The number of hydrogen-bond acceptors (Lipinski definition) is 4. The first-order valence-corrected chi connectivity index (χ1v) is 17.5. The minimum absolute atomic E-state index is 0.164. The summed E-state index contributed by atoms with van der Waals surface area (Å²) in [5.41, 5.74) is 4.32. The molecule has 2 aliphatic carbocycles. The Balaban J connectivity index is 1.11. The van der Waals surface area contributed by atoms with Crippen LogP contribution in [0.5, 0.6) is 5.75 Å². The number of carbonyl (C=O) groups is 1. The number of benzene rings is 3. The number of rotatable bonds is 11. The van der Waals surface area contributed by atoms with Gasteiger partial charge in [-0.05, 0) is 138 Å². The Morgan fingerprint density at radius 2 is 1.57 bits per heavy atom. The van der Waals surface area contributed by atoms with Gasteiger partial charge in [-0.1, -0.05) is 43.2 Å². The summed E-state index contributed by atoms with van der Waals surface area (Å²) < 4.78 is 48.1. The number of carbonyl (C=O) groups excluding carboxylic acids is 1. The second-order valence-electron chi connectivity index (χ2n) is 14.6. The number of para-hydroxylation sites is 1. The summed E-state index contributed by atoms with van der Waals surface area (Å²) in [5.74, 6) is 1.81. The van der Waals surface area contributed by atoms with E-state index < -0.39 is 17.3 Å². The predicted octanol–water partition coefficient (Wildman–Crippen LogP) is 10.1. The Hall–Kier alpha value is -3.32. The van der Waals surface area contributed by atoms with Crippen LogP contribution in [0.25, 0.3) is 0 Å². The summed E-state index contributed by atoms with van der Waals surface area (Å²) >= 11 is 0. The van der Waals surface area contributed by atoms with E-state index in [1.54, 1.807) is 6.07 Å². The van der Waals surface area contributed by atoms with Crippen molar-refractivity contribution in [1.29, 1.82) is 0 Å². The Labute approximate surface area is 278 Å². The zero-order valence-corrected chi connectivity index (χ0v) is 28.3. The maximum absolute atomic E-state index is 13.7. The van der Waals surface area contributed by atoms with E-state index in [4.69, 9.17) is 4.74 Å². The predicted molar refractivity (Wildman–Crippen MR) is 182 cm³/mol. The van der Waals surface area contributed by atoms with Crippen LogP contribution in [-0.2, 0) is 11.8 Å². The van der Waals surface area contributed by atoms with Gasteiger partial charge in [0.1, 0.15) is 11.4 Å². The molecule has 1 aliphatic heterocycles. The molecule has 0 radical (unpaired) electrons. The van der Waals surface area contributed by atoms with Crippen molar-refractivity contribution in [1.82, 2.24) is 4.90 Å². The second kappa shape index (κ2) is 13.7. The molecule has 2 atom stereocenters. The Kier molecular flexibility index (Phi) is 9.76. The van der Waals surface area contributed by atoms with Crippen LogP contribution in [0.1, 0.15) is 109 Å². The van der Waals surface area contributed by atoms with Crippen molar-refractivity contribution in [2.24, 2.45) is 11.8 Å². The number of likely N-dealkylation sites (tertiary alicyclic amines) is 1. The standard InChI is InChI=1S/C40H49F3N2O2/c1-26-9-5-16-35(38(26)47-39(4,32-12-7-13-32)33-14-8-15-34(24-33)40(41,42)43)29-19-21-45(22-20-29)25-28(3)44-36-18-17-31(23-27(36)2)37(46)30-10-6-11-30/h5,8-9,14-18,23-24,28-30,32,44H,6-7,10-13,19-22,25H2,1-4H3. The lowest BCUT2D eigenvalue weighted by Crippen LogP contribution is -2.42. The van der Waals surface area contributed by atoms with Crippen LogP contribution < -0.4 is 10.1 Å². The van der Waals surface area contributed by atoms with Gasteiger partial charge in [-0.15, -0.1) is 0 Å². The molecule has 2 saturated carbocycles. The Bertz CT molecular complexity index is 1570. The van der Waals surface area contributed by atoms with Crippen molar-refractivity contribution in [2.75, 3.05) is 25.0 Å². The van der Waals surface area contributed by atoms with Crippen LogP contribution in [-0.4, -0.2) is 36.4 Å². The van der Waals surface area contributed by atoms with Crippen LogP contribution in [0.4, 0.5) is 18.9 Å². The van der Waals surface area contributed by atoms with Gasteiger partial charge in [0.15, 0.2) is 5.78 Å². The molecule has 2 unspecified atom stereocenters. The van der Waals surface area contributed by atoms with Crippen LogP contribution in [0.2, 0.25) is 0 Å².